The fraction of sp³-hybridized carbons (Fsp3) is 0.600. The zero-order valence-electron chi connectivity index (χ0n) is 13.1. The van der Waals surface area contributed by atoms with Crippen molar-refractivity contribution in [1.82, 2.24) is 10.3 Å². The summed E-state index contributed by atoms with van der Waals surface area (Å²) in [5.41, 5.74) is 1.43. The second-order valence-corrected chi connectivity index (χ2v) is 5.65. The maximum Gasteiger partial charge on any atom is 0.407 e. The molecule has 1 aromatic heterocycles. The maximum absolute atomic E-state index is 11.6. The summed E-state index contributed by atoms with van der Waals surface area (Å²) in [5, 5.41) is 11.8. The van der Waals surface area contributed by atoms with Crippen LogP contribution < -0.4 is 10.1 Å². The number of methoxy groups -OCH3 is 1. The van der Waals surface area contributed by atoms with E-state index in [9.17, 15) is 4.79 Å². The van der Waals surface area contributed by atoms with Gasteiger partial charge in [0.25, 0.3) is 0 Å². The molecule has 1 rings (SSSR count). The van der Waals surface area contributed by atoms with E-state index in [1.165, 1.54) is 0 Å². The number of aromatic nitrogens is 1. The van der Waals surface area contributed by atoms with Gasteiger partial charge in [0.05, 0.1) is 7.11 Å². The fourth-order valence-corrected chi connectivity index (χ4v) is 1.81. The molecule has 0 aliphatic carbocycles. The normalized spacial score (nSPS) is 11.1. The van der Waals surface area contributed by atoms with Gasteiger partial charge in [0.1, 0.15) is 5.60 Å². The lowest BCUT2D eigenvalue weighted by molar-refractivity contribution is 0.0528. The Morgan fingerprint density at radius 3 is 2.62 bits per heavy atom. The number of aliphatic hydroxyl groups excluding tert-OH is 1. The summed E-state index contributed by atoms with van der Waals surface area (Å²) < 4.78 is 10.3. The Hall–Kier alpha value is -1.82. The van der Waals surface area contributed by atoms with E-state index < -0.39 is 11.7 Å². The van der Waals surface area contributed by atoms with Crippen LogP contribution in [0.15, 0.2) is 12.3 Å². The third-order valence-electron chi connectivity index (χ3n) is 2.71. The summed E-state index contributed by atoms with van der Waals surface area (Å²) in [5.74, 6) is 0.518. The van der Waals surface area contributed by atoms with E-state index in [2.05, 4.69) is 10.3 Å². The topological polar surface area (TPSA) is 80.7 Å². The molecule has 0 unspecified atom stereocenters. The molecule has 2 N–H and O–H groups in total. The van der Waals surface area contributed by atoms with E-state index in [1.807, 2.05) is 26.8 Å². The SMILES string of the molecule is COc1cc(CCNC(=O)OC(C)(C)C)c(CCO)cn1. The number of ether oxygens (including phenoxy) is 2. The van der Waals surface area contributed by atoms with Crippen molar-refractivity contribution < 1.29 is 19.4 Å². The van der Waals surface area contributed by atoms with Gasteiger partial charge in [-0.3, -0.25) is 0 Å². The van der Waals surface area contributed by atoms with E-state index in [4.69, 9.17) is 14.6 Å². The zero-order valence-corrected chi connectivity index (χ0v) is 13.1. The average molecular weight is 296 g/mol. The highest BCUT2D eigenvalue weighted by Crippen LogP contribution is 2.15. The van der Waals surface area contributed by atoms with Crippen LogP contribution in [-0.2, 0) is 17.6 Å². The molecule has 1 heterocycles. The third-order valence-corrected chi connectivity index (χ3v) is 2.71. The van der Waals surface area contributed by atoms with Gasteiger partial charge in [0.15, 0.2) is 0 Å². The standard InChI is InChI=1S/C15H24N2O4/c1-15(2,3)21-14(19)16-7-5-11-9-13(20-4)17-10-12(11)6-8-18/h9-10,18H,5-8H2,1-4H3,(H,16,19). The van der Waals surface area contributed by atoms with Gasteiger partial charge in [0, 0.05) is 25.4 Å². The van der Waals surface area contributed by atoms with Crippen LogP contribution in [0.1, 0.15) is 31.9 Å². The van der Waals surface area contributed by atoms with Crippen LogP contribution in [0, 0.1) is 0 Å². The number of aliphatic hydroxyl groups is 1. The number of nitrogens with zero attached hydrogens (tertiary/aromatic N) is 1. The summed E-state index contributed by atoms with van der Waals surface area (Å²) in [6.07, 6.45) is 2.40. The van der Waals surface area contributed by atoms with Crippen molar-refractivity contribution in [2.75, 3.05) is 20.3 Å². The molecule has 21 heavy (non-hydrogen) atoms. The summed E-state index contributed by atoms with van der Waals surface area (Å²) >= 11 is 0. The minimum atomic E-state index is -0.508. The van der Waals surface area contributed by atoms with Crippen molar-refractivity contribution in [3.8, 4) is 5.88 Å². The lowest BCUT2D eigenvalue weighted by Crippen LogP contribution is -2.33. The van der Waals surface area contributed by atoms with E-state index in [0.29, 0.717) is 25.3 Å². The number of carbonyl (C=O) groups is 1. The molecule has 0 aromatic carbocycles. The molecule has 0 aliphatic heterocycles. The van der Waals surface area contributed by atoms with Crippen LogP contribution in [0.3, 0.4) is 0 Å². The van der Waals surface area contributed by atoms with E-state index >= 15 is 0 Å². The first kappa shape index (κ1) is 17.2. The Kier molecular flexibility index (Phi) is 6.42. The Balaban J connectivity index is 2.59. The number of hydrogen-bond acceptors (Lipinski definition) is 5. The third kappa shape index (κ3) is 6.44. The first-order valence-electron chi connectivity index (χ1n) is 6.95. The van der Waals surface area contributed by atoms with Gasteiger partial charge in [-0.25, -0.2) is 9.78 Å². The molecule has 6 heteroatoms. The Morgan fingerprint density at radius 2 is 2.05 bits per heavy atom. The van der Waals surface area contributed by atoms with Gasteiger partial charge in [-0.2, -0.15) is 0 Å². The quantitative estimate of drug-likeness (QED) is 0.835. The number of alkyl carbamates (subject to hydrolysis) is 1. The number of nitrogens with one attached hydrogen (secondary N) is 1. The van der Waals surface area contributed by atoms with E-state index in [0.717, 1.165) is 11.1 Å². The smallest absolute Gasteiger partial charge is 0.407 e. The summed E-state index contributed by atoms with van der Waals surface area (Å²) in [4.78, 5) is 15.7. The first-order valence-corrected chi connectivity index (χ1v) is 6.95. The molecule has 0 atom stereocenters. The van der Waals surface area contributed by atoms with Gasteiger partial charge in [0.2, 0.25) is 5.88 Å². The average Bonchev–Trinajstić information content (AvgIpc) is 2.38. The highest BCUT2D eigenvalue weighted by atomic mass is 16.6. The van der Waals surface area contributed by atoms with Crippen LogP contribution in [0.4, 0.5) is 4.79 Å². The summed E-state index contributed by atoms with van der Waals surface area (Å²) in [6.45, 7) is 5.96. The van der Waals surface area contributed by atoms with Crippen molar-refractivity contribution in [3.05, 3.63) is 23.4 Å². The van der Waals surface area contributed by atoms with Crippen molar-refractivity contribution in [3.63, 3.8) is 0 Å². The zero-order chi connectivity index (χ0) is 15.9. The highest BCUT2D eigenvalue weighted by molar-refractivity contribution is 5.67. The Bertz CT molecular complexity index is 469. The largest absolute Gasteiger partial charge is 0.481 e. The van der Waals surface area contributed by atoms with Gasteiger partial charge in [-0.1, -0.05) is 0 Å². The van der Waals surface area contributed by atoms with Crippen molar-refractivity contribution in [2.45, 2.75) is 39.2 Å². The van der Waals surface area contributed by atoms with Crippen molar-refractivity contribution in [2.24, 2.45) is 0 Å². The van der Waals surface area contributed by atoms with Crippen molar-refractivity contribution in [1.29, 1.82) is 0 Å². The number of hydrogen-bond donors (Lipinski definition) is 2. The molecule has 0 bridgehead atoms. The predicted octanol–water partition coefficient (Wildman–Crippen LogP) is 1.69. The highest BCUT2D eigenvalue weighted by Gasteiger charge is 2.15. The molecular weight excluding hydrogens is 272 g/mol. The molecule has 1 amide bonds. The maximum atomic E-state index is 11.6. The Labute approximate surface area is 125 Å². The number of carbonyl (C=O) groups excluding carboxylic acids is 1. The first-order chi connectivity index (χ1) is 9.85. The molecule has 0 aliphatic rings. The molecular formula is C15H24N2O4. The van der Waals surface area contributed by atoms with E-state index in [1.54, 1.807) is 13.3 Å². The molecule has 0 saturated carbocycles. The van der Waals surface area contributed by atoms with Crippen LogP contribution in [0.2, 0.25) is 0 Å². The van der Waals surface area contributed by atoms with Crippen molar-refractivity contribution >= 4 is 6.09 Å². The van der Waals surface area contributed by atoms with Gasteiger partial charge in [-0.15, -0.1) is 0 Å². The van der Waals surface area contributed by atoms with Crippen LogP contribution in [0.25, 0.3) is 0 Å². The minimum Gasteiger partial charge on any atom is -0.481 e. The van der Waals surface area contributed by atoms with Gasteiger partial charge >= 0.3 is 6.09 Å². The van der Waals surface area contributed by atoms with Crippen LogP contribution >= 0.6 is 0 Å². The molecule has 6 nitrogen and oxygen atoms in total. The Morgan fingerprint density at radius 1 is 1.33 bits per heavy atom. The molecule has 0 spiro atoms. The molecule has 1 aromatic rings. The number of rotatable bonds is 6. The van der Waals surface area contributed by atoms with E-state index in [-0.39, 0.29) is 6.61 Å². The molecule has 0 fully saturated rings. The molecule has 0 radical (unpaired) electrons. The second-order valence-electron chi connectivity index (χ2n) is 5.65. The lowest BCUT2D eigenvalue weighted by atomic mass is 10.0. The predicted molar refractivity (Wildman–Crippen MR) is 79.5 cm³/mol. The number of pyridine rings is 1. The van der Waals surface area contributed by atoms with Crippen LogP contribution in [0.5, 0.6) is 5.88 Å². The second kappa shape index (κ2) is 7.83. The van der Waals surface area contributed by atoms with Gasteiger partial charge < -0.3 is 19.9 Å². The summed E-state index contributed by atoms with van der Waals surface area (Å²) in [6, 6.07) is 1.82. The number of amides is 1. The summed E-state index contributed by atoms with van der Waals surface area (Å²) in [7, 11) is 1.55. The minimum absolute atomic E-state index is 0.0561. The molecule has 0 saturated heterocycles. The van der Waals surface area contributed by atoms with Gasteiger partial charge in [-0.05, 0) is 44.7 Å². The van der Waals surface area contributed by atoms with Crippen LogP contribution in [-0.4, -0.2) is 42.0 Å². The lowest BCUT2D eigenvalue weighted by Gasteiger charge is -2.19. The molecule has 118 valence electrons. The fourth-order valence-electron chi connectivity index (χ4n) is 1.81. The monoisotopic (exact) mass is 296 g/mol.